The maximum Gasteiger partial charge on any atom is 0.387 e. The fraction of sp³-hybridized carbons (Fsp3) is 0.632. The molecule has 2 aliphatic rings. The number of alkyl halides is 2. The van der Waals surface area contributed by atoms with Crippen molar-refractivity contribution in [3.8, 4) is 11.5 Å². The summed E-state index contributed by atoms with van der Waals surface area (Å²) in [5.41, 5.74) is 7.08. The van der Waals surface area contributed by atoms with Gasteiger partial charge in [0.05, 0.1) is 12.5 Å². The summed E-state index contributed by atoms with van der Waals surface area (Å²) in [6, 6.07) is 4.45. The molecule has 0 spiro atoms. The van der Waals surface area contributed by atoms with Gasteiger partial charge in [-0.1, -0.05) is 6.07 Å². The second-order valence-electron chi connectivity index (χ2n) is 6.94. The van der Waals surface area contributed by atoms with Crippen molar-refractivity contribution in [2.24, 2.45) is 17.6 Å². The molecule has 0 saturated heterocycles. The first-order chi connectivity index (χ1) is 12.5. The Kier molecular flexibility index (Phi) is 5.96. The number of carbonyl (C=O) groups excluding carboxylic acids is 1. The van der Waals surface area contributed by atoms with Crippen LogP contribution in [0, 0.1) is 11.8 Å². The molecule has 26 heavy (non-hydrogen) atoms. The maximum absolute atomic E-state index is 12.4. The van der Waals surface area contributed by atoms with Crippen LogP contribution >= 0.6 is 0 Å². The van der Waals surface area contributed by atoms with Crippen molar-refractivity contribution in [1.29, 1.82) is 0 Å². The largest absolute Gasteiger partial charge is 0.490 e. The molecule has 0 bridgehead atoms. The van der Waals surface area contributed by atoms with Crippen LogP contribution in [0.2, 0.25) is 0 Å². The lowest BCUT2D eigenvalue weighted by molar-refractivity contribution is -0.149. The smallest absolute Gasteiger partial charge is 0.387 e. The van der Waals surface area contributed by atoms with Crippen molar-refractivity contribution in [2.45, 2.75) is 57.8 Å². The third kappa shape index (κ3) is 4.26. The van der Waals surface area contributed by atoms with E-state index in [0.29, 0.717) is 24.7 Å². The Balaban J connectivity index is 1.64. The van der Waals surface area contributed by atoms with Crippen LogP contribution in [0.25, 0.3) is 0 Å². The number of hydrogen-bond donors (Lipinski definition) is 1. The zero-order chi connectivity index (χ0) is 18.7. The molecule has 1 aromatic carbocycles. The van der Waals surface area contributed by atoms with E-state index >= 15 is 0 Å². The van der Waals surface area contributed by atoms with Crippen molar-refractivity contribution >= 4 is 5.97 Å². The number of halogens is 2. The van der Waals surface area contributed by atoms with Gasteiger partial charge in [0.15, 0.2) is 0 Å². The monoisotopic (exact) mass is 369 g/mol. The number of carbonyl (C=O) groups is 1. The standard InChI is InChI=1S/C19H25F2NO4/c1-2-24-18(23)12-5-3-11(4-6-12)16-10-15(22)14-8-7-13(25-19(20)21)9-17(14)26-16/h7-9,11-12,15-16,19H,2-6,10,22H2,1H3/t11-,12-,15-,16-/m0/s1. The first kappa shape index (κ1) is 18.9. The zero-order valence-corrected chi connectivity index (χ0v) is 14.8. The molecule has 2 N–H and O–H groups in total. The summed E-state index contributed by atoms with van der Waals surface area (Å²) in [7, 11) is 0. The maximum atomic E-state index is 12.4. The van der Waals surface area contributed by atoms with Gasteiger partial charge in [-0.3, -0.25) is 4.79 Å². The Hall–Kier alpha value is -1.89. The van der Waals surface area contributed by atoms with E-state index in [1.54, 1.807) is 6.07 Å². The molecule has 0 unspecified atom stereocenters. The minimum atomic E-state index is -2.88. The Morgan fingerprint density at radius 3 is 2.69 bits per heavy atom. The fourth-order valence-electron chi connectivity index (χ4n) is 3.96. The van der Waals surface area contributed by atoms with Crippen molar-refractivity contribution in [2.75, 3.05) is 6.61 Å². The van der Waals surface area contributed by atoms with Gasteiger partial charge >= 0.3 is 12.6 Å². The van der Waals surface area contributed by atoms with Crippen LogP contribution < -0.4 is 15.2 Å². The third-order valence-electron chi connectivity index (χ3n) is 5.29. The molecule has 1 saturated carbocycles. The number of hydrogen-bond acceptors (Lipinski definition) is 5. The first-order valence-corrected chi connectivity index (χ1v) is 9.15. The molecule has 0 radical (unpaired) electrons. The number of rotatable bonds is 5. The number of esters is 1. The molecule has 3 rings (SSSR count). The molecule has 7 heteroatoms. The van der Waals surface area contributed by atoms with E-state index in [1.807, 2.05) is 6.92 Å². The van der Waals surface area contributed by atoms with Gasteiger partial charge in [0.25, 0.3) is 0 Å². The quantitative estimate of drug-likeness (QED) is 0.799. The van der Waals surface area contributed by atoms with Crippen LogP contribution in [0.15, 0.2) is 18.2 Å². The average molecular weight is 369 g/mol. The Morgan fingerprint density at radius 1 is 1.31 bits per heavy atom. The van der Waals surface area contributed by atoms with Crippen LogP contribution in [0.1, 0.15) is 50.6 Å². The minimum Gasteiger partial charge on any atom is -0.490 e. The van der Waals surface area contributed by atoms with Gasteiger partial charge in [-0.05, 0) is 44.6 Å². The number of fused-ring (bicyclic) bond motifs is 1. The van der Waals surface area contributed by atoms with Gasteiger partial charge in [-0.15, -0.1) is 0 Å². The van der Waals surface area contributed by atoms with E-state index in [4.69, 9.17) is 15.2 Å². The highest BCUT2D eigenvalue weighted by Crippen LogP contribution is 2.42. The number of nitrogens with two attached hydrogens (primary N) is 1. The van der Waals surface area contributed by atoms with Gasteiger partial charge in [0, 0.05) is 24.1 Å². The molecular formula is C19H25F2NO4. The SMILES string of the molecule is CCOC(=O)[C@H]1CC[C@H]([C@@H]2C[C@H](N)c3ccc(OC(F)F)cc3O2)CC1. The molecule has 0 aromatic heterocycles. The summed E-state index contributed by atoms with van der Waals surface area (Å²) in [6.45, 7) is -0.664. The van der Waals surface area contributed by atoms with E-state index < -0.39 is 6.61 Å². The summed E-state index contributed by atoms with van der Waals surface area (Å²) in [4.78, 5) is 11.9. The Labute approximate surface area is 151 Å². The van der Waals surface area contributed by atoms with Gasteiger partial charge in [0.1, 0.15) is 17.6 Å². The molecule has 0 amide bonds. The summed E-state index contributed by atoms with van der Waals surface area (Å²) in [5, 5.41) is 0. The zero-order valence-electron chi connectivity index (χ0n) is 14.8. The van der Waals surface area contributed by atoms with E-state index in [1.165, 1.54) is 12.1 Å². The molecule has 1 heterocycles. The third-order valence-corrected chi connectivity index (χ3v) is 5.29. The van der Waals surface area contributed by atoms with E-state index in [2.05, 4.69) is 4.74 Å². The van der Waals surface area contributed by atoms with Crippen molar-refractivity contribution < 1.29 is 27.8 Å². The molecule has 5 nitrogen and oxygen atoms in total. The predicted molar refractivity (Wildman–Crippen MR) is 91.1 cm³/mol. The summed E-state index contributed by atoms with van der Waals surface area (Å²) in [6.07, 6.45) is 3.88. The average Bonchev–Trinajstić information content (AvgIpc) is 2.61. The van der Waals surface area contributed by atoms with E-state index in [0.717, 1.165) is 31.2 Å². The number of ether oxygens (including phenoxy) is 3. The van der Waals surface area contributed by atoms with Gasteiger partial charge in [0.2, 0.25) is 0 Å². The van der Waals surface area contributed by atoms with Crippen LogP contribution in [0.3, 0.4) is 0 Å². The topological polar surface area (TPSA) is 70.8 Å². The van der Waals surface area contributed by atoms with Gasteiger partial charge < -0.3 is 19.9 Å². The van der Waals surface area contributed by atoms with Crippen LogP contribution in [0.4, 0.5) is 8.78 Å². The van der Waals surface area contributed by atoms with E-state index in [-0.39, 0.29) is 29.8 Å². The highest BCUT2D eigenvalue weighted by molar-refractivity contribution is 5.72. The van der Waals surface area contributed by atoms with Crippen molar-refractivity contribution in [1.82, 2.24) is 0 Å². The first-order valence-electron chi connectivity index (χ1n) is 9.15. The van der Waals surface area contributed by atoms with E-state index in [9.17, 15) is 13.6 Å². The lowest BCUT2D eigenvalue weighted by Crippen LogP contribution is -2.38. The molecule has 1 aromatic rings. The van der Waals surface area contributed by atoms with Crippen LogP contribution in [0.5, 0.6) is 11.5 Å². The highest BCUT2D eigenvalue weighted by Gasteiger charge is 2.36. The predicted octanol–water partition coefficient (Wildman–Crippen LogP) is 3.81. The second kappa shape index (κ2) is 8.20. The van der Waals surface area contributed by atoms with Gasteiger partial charge in [-0.25, -0.2) is 0 Å². The molecule has 2 atom stereocenters. The van der Waals surface area contributed by atoms with Gasteiger partial charge in [-0.2, -0.15) is 8.78 Å². The normalized spacial score (nSPS) is 28.2. The second-order valence-corrected chi connectivity index (χ2v) is 6.94. The minimum absolute atomic E-state index is 0.0400. The lowest BCUT2D eigenvalue weighted by atomic mass is 9.77. The summed E-state index contributed by atoms with van der Waals surface area (Å²) < 4.78 is 40.5. The Bertz CT molecular complexity index is 632. The Morgan fingerprint density at radius 2 is 2.04 bits per heavy atom. The molecule has 1 aliphatic carbocycles. The summed E-state index contributed by atoms with van der Waals surface area (Å²) >= 11 is 0. The van der Waals surface area contributed by atoms with Crippen LogP contribution in [-0.2, 0) is 9.53 Å². The fourth-order valence-corrected chi connectivity index (χ4v) is 3.96. The molecule has 1 aliphatic heterocycles. The van der Waals surface area contributed by atoms with Crippen LogP contribution in [-0.4, -0.2) is 25.3 Å². The van der Waals surface area contributed by atoms with Crippen molar-refractivity contribution in [3.05, 3.63) is 23.8 Å². The highest BCUT2D eigenvalue weighted by atomic mass is 19.3. The van der Waals surface area contributed by atoms with Crippen molar-refractivity contribution in [3.63, 3.8) is 0 Å². The summed E-state index contributed by atoms with van der Waals surface area (Å²) in [5.74, 6) is 0.713. The lowest BCUT2D eigenvalue weighted by Gasteiger charge is -2.38. The molecule has 144 valence electrons. The number of benzene rings is 1. The molecule has 1 fully saturated rings. The molecular weight excluding hydrogens is 344 g/mol.